The lowest BCUT2D eigenvalue weighted by atomic mass is 10.2. The van der Waals surface area contributed by atoms with E-state index >= 15 is 0 Å². The summed E-state index contributed by atoms with van der Waals surface area (Å²) in [6.45, 7) is 1.71. The van der Waals surface area contributed by atoms with Gasteiger partial charge in [0.1, 0.15) is 0 Å². The summed E-state index contributed by atoms with van der Waals surface area (Å²) in [6.07, 6.45) is 2.19. The highest BCUT2D eigenvalue weighted by atomic mass is 32.2. The number of pyridine rings is 1. The largest absolute Gasteiger partial charge is 0.295 e. The molecule has 0 aliphatic carbocycles. The summed E-state index contributed by atoms with van der Waals surface area (Å²) in [5.41, 5.74) is 1.31. The molecule has 2 aromatic rings. The molecular weight excluding hydrogens is 288 g/mol. The molecule has 0 amide bonds. The molecule has 0 aliphatic heterocycles. The van der Waals surface area contributed by atoms with Crippen molar-refractivity contribution in [1.29, 1.82) is 0 Å². The summed E-state index contributed by atoms with van der Waals surface area (Å²) in [7, 11) is -3.56. The number of carbonyl (C=O) groups excluding carboxylic acids is 1. The van der Waals surface area contributed by atoms with Crippen molar-refractivity contribution in [3.63, 3.8) is 0 Å². The predicted octanol–water partition coefficient (Wildman–Crippen LogP) is 1.81. The smallest absolute Gasteiger partial charge is 0.240 e. The molecule has 0 fully saturated rings. The van der Waals surface area contributed by atoms with Crippen molar-refractivity contribution in [3.05, 3.63) is 59.9 Å². The van der Waals surface area contributed by atoms with Crippen LogP contribution in [0.1, 0.15) is 23.0 Å². The molecule has 110 valence electrons. The molecule has 0 saturated carbocycles. The molecule has 0 bridgehead atoms. The molecule has 1 aromatic carbocycles. The van der Waals surface area contributed by atoms with Crippen LogP contribution in [0, 0.1) is 0 Å². The number of carbonyl (C=O) groups is 1. The Kier molecular flexibility index (Phi) is 4.82. The Balaban J connectivity index is 2.00. The lowest BCUT2D eigenvalue weighted by molar-refractivity contribution is 0.101. The van der Waals surface area contributed by atoms with Gasteiger partial charge >= 0.3 is 0 Å². The standard InChI is InChI=1S/C15H16N2O3S/c1-12(18)13-5-7-15(8-6-13)21(19,20)17-11-9-14-4-2-3-10-16-14/h2-8,10,17H,9,11H2,1H3. The summed E-state index contributed by atoms with van der Waals surface area (Å²) in [5, 5.41) is 0. The van der Waals surface area contributed by atoms with Crippen LogP contribution in [0.5, 0.6) is 0 Å². The van der Waals surface area contributed by atoms with Crippen LogP contribution < -0.4 is 4.72 Å². The number of rotatable bonds is 6. The second kappa shape index (κ2) is 6.60. The maximum Gasteiger partial charge on any atom is 0.240 e. The van der Waals surface area contributed by atoms with Crippen LogP contribution in [0.3, 0.4) is 0 Å². The average molecular weight is 304 g/mol. The van der Waals surface area contributed by atoms with Crippen LogP contribution in [0.15, 0.2) is 53.6 Å². The fourth-order valence-corrected chi connectivity index (χ4v) is 2.84. The third-order valence-electron chi connectivity index (χ3n) is 2.97. The van der Waals surface area contributed by atoms with Gasteiger partial charge in [-0.15, -0.1) is 0 Å². The van der Waals surface area contributed by atoms with Crippen molar-refractivity contribution in [2.45, 2.75) is 18.2 Å². The van der Waals surface area contributed by atoms with Gasteiger partial charge in [0, 0.05) is 30.4 Å². The van der Waals surface area contributed by atoms with E-state index in [1.165, 1.54) is 31.2 Å². The minimum atomic E-state index is -3.56. The van der Waals surface area contributed by atoms with Crippen molar-refractivity contribution in [2.75, 3.05) is 6.54 Å². The van der Waals surface area contributed by atoms with E-state index in [0.717, 1.165) is 5.69 Å². The Morgan fingerprint density at radius 3 is 2.43 bits per heavy atom. The van der Waals surface area contributed by atoms with Crippen molar-refractivity contribution >= 4 is 15.8 Å². The highest BCUT2D eigenvalue weighted by Gasteiger charge is 2.13. The van der Waals surface area contributed by atoms with Gasteiger partial charge in [0.05, 0.1) is 4.90 Å². The van der Waals surface area contributed by atoms with E-state index in [1.807, 2.05) is 18.2 Å². The maximum absolute atomic E-state index is 12.1. The van der Waals surface area contributed by atoms with Gasteiger partial charge in [-0.3, -0.25) is 9.78 Å². The molecule has 0 atom stereocenters. The third-order valence-corrected chi connectivity index (χ3v) is 4.45. The second-order valence-corrected chi connectivity index (χ2v) is 6.32. The number of sulfonamides is 1. The number of hydrogen-bond acceptors (Lipinski definition) is 4. The van der Waals surface area contributed by atoms with Gasteiger partial charge in [-0.25, -0.2) is 13.1 Å². The fourth-order valence-electron chi connectivity index (χ4n) is 1.81. The number of aromatic nitrogens is 1. The third kappa shape index (κ3) is 4.21. The summed E-state index contributed by atoms with van der Waals surface area (Å²) >= 11 is 0. The Morgan fingerprint density at radius 2 is 1.86 bits per heavy atom. The van der Waals surface area contributed by atoms with E-state index in [0.29, 0.717) is 12.0 Å². The highest BCUT2D eigenvalue weighted by molar-refractivity contribution is 7.89. The first-order valence-electron chi connectivity index (χ1n) is 6.49. The van der Waals surface area contributed by atoms with Crippen molar-refractivity contribution in [2.24, 2.45) is 0 Å². The molecule has 1 aromatic heterocycles. The van der Waals surface area contributed by atoms with Gasteiger partial charge in [-0.1, -0.05) is 18.2 Å². The molecule has 1 N–H and O–H groups in total. The Hall–Kier alpha value is -2.05. The van der Waals surface area contributed by atoms with Gasteiger partial charge in [0.15, 0.2) is 5.78 Å². The maximum atomic E-state index is 12.1. The fraction of sp³-hybridized carbons (Fsp3) is 0.200. The van der Waals surface area contributed by atoms with E-state index in [-0.39, 0.29) is 17.2 Å². The molecule has 1 heterocycles. The van der Waals surface area contributed by atoms with Crippen LogP contribution in [-0.2, 0) is 16.4 Å². The predicted molar refractivity (Wildman–Crippen MR) is 79.6 cm³/mol. The molecular formula is C15H16N2O3S. The number of Topliss-reactive ketones (excluding diaryl/α,β-unsaturated/α-hetero) is 1. The van der Waals surface area contributed by atoms with E-state index in [1.54, 1.807) is 6.20 Å². The van der Waals surface area contributed by atoms with E-state index in [9.17, 15) is 13.2 Å². The van der Waals surface area contributed by atoms with Gasteiger partial charge in [-0.2, -0.15) is 0 Å². The first-order valence-corrected chi connectivity index (χ1v) is 7.98. The van der Waals surface area contributed by atoms with Crippen LogP contribution in [0.2, 0.25) is 0 Å². The molecule has 6 heteroatoms. The molecule has 21 heavy (non-hydrogen) atoms. The number of nitrogens with zero attached hydrogens (tertiary/aromatic N) is 1. The first kappa shape index (κ1) is 15.3. The molecule has 0 unspecified atom stereocenters. The van der Waals surface area contributed by atoms with Gasteiger partial charge in [0.2, 0.25) is 10.0 Å². The lowest BCUT2D eigenvalue weighted by Gasteiger charge is -2.07. The quantitative estimate of drug-likeness (QED) is 0.826. The van der Waals surface area contributed by atoms with Gasteiger partial charge < -0.3 is 0 Å². The number of ketones is 1. The van der Waals surface area contributed by atoms with Crippen molar-refractivity contribution in [1.82, 2.24) is 9.71 Å². The Bertz CT molecular complexity index is 710. The molecule has 0 radical (unpaired) electrons. The minimum absolute atomic E-state index is 0.0953. The summed E-state index contributed by atoms with van der Waals surface area (Å²) in [4.78, 5) is 15.4. The second-order valence-electron chi connectivity index (χ2n) is 4.55. The summed E-state index contributed by atoms with van der Waals surface area (Å²) in [5.74, 6) is -0.0953. The van der Waals surface area contributed by atoms with E-state index in [2.05, 4.69) is 9.71 Å². The van der Waals surface area contributed by atoms with Gasteiger partial charge in [-0.05, 0) is 31.2 Å². The van der Waals surface area contributed by atoms with Crippen LogP contribution in [0.4, 0.5) is 0 Å². The monoisotopic (exact) mass is 304 g/mol. The first-order chi connectivity index (χ1) is 9.99. The molecule has 0 spiro atoms. The lowest BCUT2D eigenvalue weighted by Crippen LogP contribution is -2.26. The van der Waals surface area contributed by atoms with Crippen LogP contribution >= 0.6 is 0 Å². The zero-order chi connectivity index (χ0) is 15.3. The zero-order valence-corrected chi connectivity index (χ0v) is 12.4. The molecule has 5 nitrogen and oxygen atoms in total. The zero-order valence-electron chi connectivity index (χ0n) is 11.6. The Labute approximate surface area is 124 Å². The van der Waals surface area contributed by atoms with E-state index < -0.39 is 10.0 Å². The normalized spacial score (nSPS) is 11.3. The summed E-state index contributed by atoms with van der Waals surface area (Å²) < 4.78 is 26.7. The minimum Gasteiger partial charge on any atom is -0.295 e. The molecule has 0 saturated heterocycles. The van der Waals surface area contributed by atoms with Crippen molar-refractivity contribution < 1.29 is 13.2 Å². The van der Waals surface area contributed by atoms with Crippen LogP contribution in [-0.4, -0.2) is 25.7 Å². The highest BCUT2D eigenvalue weighted by Crippen LogP contribution is 2.11. The number of hydrogen-bond donors (Lipinski definition) is 1. The number of benzene rings is 1. The molecule has 0 aliphatic rings. The number of nitrogens with one attached hydrogen (secondary N) is 1. The molecule has 2 rings (SSSR count). The SMILES string of the molecule is CC(=O)c1ccc(S(=O)(=O)NCCc2ccccn2)cc1. The summed E-state index contributed by atoms with van der Waals surface area (Å²) in [6, 6.07) is 11.4. The van der Waals surface area contributed by atoms with Crippen molar-refractivity contribution in [3.8, 4) is 0 Å². The average Bonchev–Trinajstić information content (AvgIpc) is 2.48. The topological polar surface area (TPSA) is 76.1 Å². The van der Waals surface area contributed by atoms with Crippen LogP contribution in [0.25, 0.3) is 0 Å². The Morgan fingerprint density at radius 1 is 1.14 bits per heavy atom. The van der Waals surface area contributed by atoms with E-state index in [4.69, 9.17) is 0 Å². The van der Waals surface area contributed by atoms with Gasteiger partial charge in [0.25, 0.3) is 0 Å².